The number of imidazole rings is 1. The molecule has 9 heteroatoms. The Balaban J connectivity index is 1.69. The summed E-state index contributed by atoms with van der Waals surface area (Å²) in [5.74, 6) is 0.0449. The number of nitrogens with one attached hydrogen (secondary N) is 3. The van der Waals surface area contributed by atoms with Gasteiger partial charge < -0.3 is 9.97 Å². The predicted molar refractivity (Wildman–Crippen MR) is 101 cm³/mol. The first-order valence-corrected chi connectivity index (χ1v) is 9.09. The number of carbonyl (C=O) groups is 1. The number of amides is 1. The number of aromatic amines is 2. The number of nitrogens with zero attached hydrogens (tertiary/aromatic N) is 2. The van der Waals surface area contributed by atoms with E-state index >= 15 is 0 Å². The number of pyridine rings is 1. The van der Waals surface area contributed by atoms with E-state index in [1.54, 1.807) is 24.4 Å². The lowest BCUT2D eigenvalue weighted by molar-refractivity contribution is -0.119. The molecule has 0 saturated carbocycles. The van der Waals surface area contributed by atoms with Crippen molar-refractivity contribution >= 4 is 23.4 Å². The van der Waals surface area contributed by atoms with Crippen LogP contribution in [0.5, 0.6) is 0 Å². The fourth-order valence-electron chi connectivity index (χ4n) is 2.69. The average Bonchev–Trinajstić information content (AvgIpc) is 3.27. The monoisotopic (exact) mass is 383 g/mol. The van der Waals surface area contributed by atoms with E-state index in [-0.39, 0.29) is 23.7 Å². The van der Waals surface area contributed by atoms with Crippen molar-refractivity contribution in [1.29, 1.82) is 0 Å². The molecule has 2 aromatic heterocycles. The SMILES string of the molecule is O=C1CC(CSc2nc(-c3ccc(F)cc3)c(-c3cc[nH]c(=O)c3)[nH]2)=NN1. The molecule has 3 aromatic rings. The van der Waals surface area contributed by atoms with Gasteiger partial charge in [0.2, 0.25) is 11.5 Å². The van der Waals surface area contributed by atoms with Crippen LogP contribution in [-0.2, 0) is 4.79 Å². The molecule has 3 heterocycles. The van der Waals surface area contributed by atoms with Crippen LogP contribution in [0.2, 0.25) is 0 Å². The molecule has 0 spiro atoms. The minimum Gasteiger partial charge on any atom is -0.332 e. The van der Waals surface area contributed by atoms with Gasteiger partial charge in [0, 0.05) is 29.1 Å². The molecule has 7 nitrogen and oxygen atoms in total. The number of carbonyl (C=O) groups excluding carboxylic acids is 1. The van der Waals surface area contributed by atoms with Crippen molar-refractivity contribution in [3.8, 4) is 22.5 Å². The Kier molecular flexibility index (Phi) is 4.59. The van der Waals surface area contributed by atoms with Gasteiger partial charge in [-0.2, -0.15) is 5.10 Å². The lowest BCUT2D eigenvalue weighted by atomic mass is 10.1. The minimum atomic E-state index is -0.335. The first-order valence-electron chi connectivity index (χ1n) is 8.10. The number of H-pyrrole nitrogens is 2. The summed E-state index contributed by atoms with van der Waals surface area (Å²) in [6.07, 6.45) is 1.84. The molecule has 0 saturated heterocycles. The zero-order valence-corrected chi connectivity index (χ0v) is 14.8. The molecule has 0 radical (unpaired) electrons. The molecule has 4 rings (SSSR count). The molecule has 0 aliphatic carbocycles. The van der Waals surface area contributed by atoms with E-state index in [1.165, 1.54) is 30.0 Å². The minimum absolute atomic E-state index is 0.124. The zero-order valence-electron chi connectivity index (χ0n) is 14.0. The molecule has 0 atom stereocenters. The molecule has 1 aliphatic heterocycles. The van der Waals surface area contributed by atoms with Gasteiger partial charge >= 0.3 is 0 Å². The van der Waals surface area contributed by atoms with Crippen molar-refractivity contribution in [3.63, 3.8) is 0 Å². The van der Waals surface area contributed by atoms with Gasteiger partial charge in [0.05, 0.1) is 23.5 Å². The second kappa shape index (κ2) is 7.20. The van der Waals surface area contributed by atoms with Crippen LogP contribution in [-0.4, -0.2) is 32.3 Å². The molecular weight excluding hydrogens is 369 g/mol. The zero-order chi connectivity index (χ0) is 18.8. The number of hydrogen-bond donors (Lipinski definition) is 3. The van der Waals surface area contributed by atoms with E-state index < -0.39 is 0 Å². The van der Waals surface area contributed by atoms with Crippen molar-refractivity contribution < 1.29 is 9.18 Å². The lowest BCUT2D eigenvalue weighted by Gasteiger charge is -2.02. The molecule has 0 unspecified atom stereocenters. The third-order valence-corrected chi connectivity index (χ3v) is 4.89. The average molecular weight is 383 g/mol. The number of hydrazone groups is 1. The van der Waals surface area contributed by atoms with E-state index in [0.29, 0.717) is 27.9 Å². The standard InChI is InChI=1S/C18H14FN5O2S/c19-12-3-1-10(2-4-12)16-17(11-5-6-20-14(25)7-11)22-18(21-16)27-9-13-8-15(26)24-23-13/h1-7H,8-9H2,(H,20,25)(H,21,22)(H,24,26). The Morgan fingerprint density at radius 2 is 1.93 bits per heavy atom. The normalized spacial score (nSPS) is 13.5. The Bertz CT molecular complexity index is 1090. The summed E-state index contributed by atoms with van der Waals surface area (Å²) in [6, 6.07) is 9.24. The number of halogens is 1. The van der Waals surface area contributed by atoms with Crippen LogP contribution in [0, 0.1) is 5.82 Å². The van der Waals surface area contributed by atoms with Gasteiger partial charge in [0.1, 0.15) is 5.82 Å². The molecule has 27 heavy (non-hydrogen) atoms. The predicted octanol–water partition coefficient (Wildman–Crippen LogP) is 2.54. The number of benzene rings is 1. The van der Waals surface area contributed by atoms with Crippen molar-refractivity contribution in [2.24, 2.45) is 5.10 Å². The van der Waals surface area contributed by atoms with Gasteiger partial charge in [-0.25, -0.2) is 14.8 Å². The van der Waals surface area contributed by atoms with E-state index in [9.17, 15) is 14.0 Å². The summed E-state index contributed by atoms with van der Waals surface area (Å²) in [5.41, 5.74) is 5.61. The van der Waals surface area contributed by atoms with E-state index in [4.69, 9.17) is 0 Å². The quantitative estimate of drug-likeness (QED) is 0.589. The molecule has 1 amide bonds. The molecule has 136 valence electrons. The van der Waals surface area contributed by atoms with Crippen LogP contribution in [0.15, 0.2) is 57.6 Å². The summed E-state index contributed by atoms with van der Waals surface area (Å²) in [4.78, 5) is 33.3. The van der Waals surface area contributed by atoms with Crippen LogP contribution in [0.3, 0.4) is 0 Å². The number of aromatic nitrogens is 3. The van der Waals surface area contributed by atoms with Gasteiger partial charge in [-0.15, -0.1) is 0 Å². The van der Waals surface area contributed by atoms with E-state index in [2.05, 4.69) is 25.5 Å². The first-order chi connectivity index (χ1) is 13.1. The fourth-order valence-corrected chi connectivity index (χ4v) is 3.49. The van der Waals surface area contributed by atoms with Crippen LogP contribution in [0.1, 0.15) is 6.42 Å². The van der Waals surface area contributed by atoms with Crippen molar-refractivity contribution in [2.75, 3.05) is 5.75 Å². The number of rotatable bonds is 5. The largest absolute Gasteiger partial charge is 0.332 e. The third kappa shape index (κ3) is 3.82. The van der Waals surface area contributed by atoms with E-state index in [0.717, 1.165) is 11.3 Å². The van der Waals surface area contributed by atoms with Crippen LogP contribution >= 0.6 is 11.8 Å². The van der Waals surface area contributed by atoms with Gasteiger partial charge in [0.15, 0.2) is 5.16 Å². The second-order valence-electron chi connectivity index (χ2n) is 5.89. The smallest absolute Gasteiger partial charge is 0.248 e. The Labute approximate surface area is 157 Å². The maximum Gasteiger partial charge on any atom is 0.248 e. The van der Waals surface area contributed by atoms with Crippen LogP contribution in [0.25, 0.3) is 22.5 Å². The maximum absolute atomic E-state index is 13.3. The van der Waals surface area contributed by atoms with E-state index in [1.807, 2.05) is 0 Å². The van der Waals surface area contributed by atoms with Gasteiger partial charge in [-0.3, -0.25) is 9.59 Å². The maximum atomic E-state index is 13.3. The highest BCUT2D eigenvalue weighted by atomic mass is 32.2. The summed E-state index contributed by atoms with van der Waals surface area (Å²) >= 11 is 1.40. The highest BCUT2D eigenvalue weighted by molar-refractivity contribution is 7.99. The van der Waals surface area contributed by atoms with Crippen LogP contribution < -0.4 is 11.0 Å². The Hall–Kier alpha value is -3.20. The fraction of sp³-hybridized carbons (Fsp3) is 0.111. The molecule has 1 aliphatic rings. The molecule has 0 fully saturated rings. The summed E-state index contributed by atoms with van der Waals surface area (Å²) in [7, 11) is 0. The Morgan fingerprint density at radius 3 is 2.63 bits per heavy atom. The van der Waals surface area contributed by atoms with Crippen molar-refractivity contribution in [3.05, 3.63) is 58.8 Å². The topological polar surface area (TPSA) is 103 Å². The Morgan fingerprint density at radius 1 is 1.11 bits per heavy atom. The number of hydrogen-bond acceptors (Lipinski definition) is 5. The second-order valence-corrected chi connectivity index (χ2v) is 6.86. The number of thioether (sulfide) groups is 1. The summed E-state index contributed by atoms with van der Waals surface area (Å²) < 4.78 is 13.3. The summed E-state index contributed by atoms with van der Waals surface area (Å²) in [6.45, 7) is 0. The first kappa shape index (κ1) is 17.2. The molecule has 3 N–H and O–H groups in total. The molecule has 1 aromatic carbocycles. The van der Waals surface area contributed by atoms with Crippen molar-refractivity contribution in [1.82, 2.24) is 20.4 Å². The molecule has 0 bridgehead atoms. The highest BCUT2D eigenvalue weighted by Gasteiger charge is 2.18. The third-order valence-electron chi connectivity index (χ3n) is 3.94. The van der Waals surface area contributed by atoms with Gasteiger partial charge in [-0.1, -0.05) is 11.8 Å². The van der Waals surface area contributed by atoms with Crippen molar-refractivity contribution in [2.45, 2.75) is 11.6 Å². The van der Waals surface area contributed by atoms with Crippen LogP contribution in [0.4, 0.5) is 4.39 Å². The van der Waals surface area contributed by atoms with Gasteiger partial charge in [-0.05, 0) is 30.3 Å². The van der Waals surface area contributed by atoms with Gasteiger partial charge in [0.25, 0.3) is 0 Å². The molecular formula is C18H14FN5O2S. The summed E-state index contributed by atoms with van der Waals surface area (Å²) in [5, 5.41) is 4.58. The highest BCUT2D eigenvalue weighted by Crippen LogP contribution is 2.32. The lowest BCUT2D eigenvalue weighted by Crippen LogP contribution is -2.09.